The Labute approximate surface area is 203 Å². The van der Waals surface area contributed by atoms with E-state index in [1.807, 2.05) is 6.07 Å². The Balaban J connectivity index is 1.90. The summed E-state index contributed by atoms with van der Waals surface area (Å²) in [5.41, 5.74) is 1.03. The largest absolute Gasteiger partial charge is 0.378 e. The van der Waals surface area contributed by atoms with E-state index in [1.54, 1.807) is 30.3 Å². The number of anilines is 1. The van der Waals surface area contributed by atoms with Gasteiger partial charge in [-0.2, -0.15) is 5.26 Å². The van der Waals surface area contributed by atoms with Crippen LogP contribution in [0.3, 0.4) is 0 Å². The number of nitrogens with one attached hydrogen (secondary N) is 1. The molecule has 4 rings (SSSR count). The maximum Gasteiger partial charge on any atom is 0.273 e. The molecule has 35 heavy (non-hydrogen) atoms. The highest BCUT2D eigenvalue weighted by Gasteiger charge is 2.24. The van der Waals surface area contributed by atoms with Crippen molar-refractivity contribution in [3.63, 3.8) is 0 Å². The first kappa shape index (κ1) is 24.1. The Bertz CT molecular complexity index is 1480. The smallest absolute Gasteiger partial charge is 0.273 e. The van der Waals surface area contributed by atoms with Crippen molar-refractivity contribution in [1.29, 1.82) is 5.26 Å². The van der Waals surface area contributed by atoms with Crippen LogP contribution in [0.1, 0.15) is 12.5 Å². The van der Waals surface area contributed by atoms with Gasteiger partial charge in [0.05, 0.1) is 23.4 Å². The Hall–Kier alpha value is -4.07. The first-order chi connectivity index (χ1) is 16.9. The van der Waals surface area contributed by atoms with Crippen LogP contribution in [0.15, 0.2) is 53.3 Å². The minimum Gasteiger partial charge on any atom is -0.378 e. The van der Waals surface area contributed by atoms with E-state index in [0.717, 1.165) is 11.3 Å². The Morgan fingerprint density at radius 1 is 1.11 bits per heavy atom. The second-order valence-electron chi connectivity index (χ2n) is 7.73. The van der Waals surface area contributed by atoms with Gasteiger partial charge in [0.1, 0.15) is 16.5 Å². The monoisotopic (exact) mass is 492 g/mol. The lowest BCUT2D eigenvalue weighted by molar-refractivity contribution is -0.128. The van der Waals surface area contributed by atoms with Crippen molar-refractivity contribution in [2.45, 2.75) is 6.92 Å². The number of morpholine rings is 1. The molecule has 1 aromatic heterocycles. The third-order valence-electron chi connectivity index (χ3n) is 5.28. The summed E-state index contributed by atoms with van der Waals surface area (Å²) < 4.78 is 20.6. The van der Waals surface area contributed by atoms with Gasteiger partial charge in [0, 0.05) is 25.7 Å². The van der Waals surface area contributed by atoms with Gasteiger partial charge < -0.3 is 15.0 Å². The van der Waals surface area contributed by atoms with Crippen molar-refractivity contribution >= 4 is 40.5 Å². The number of hydrogen-bond donors (Lipinski definition) is 1. The van der Waals surface area contributed by atoms with E-state index in [2.05, 4.69) is 5.32 Å². The van der Waals surface area contributed by atoms with Gasteiger partial charge in [-0.3, -0.25) is 19.0 Å². The lowest BCUT2D eigenvalue weighted by atomic mass is 10.2. The van der Waals surface area contributed by atoms with Crippen LogP contribution in [0.5, 0.6) is 0 Å². The molecular formula is C25H21FN4O4S. The number of rotatable bonds is 4. The summed E-state index contributed by atoms with van der Waals surface area (Å²) in [6.07, 6.45) is 1.64. The number of aromatic nitrogens is 1. The van der Waals surface area contributed by atoms with Gasteiger partial charge in [0.25, 0.3) is 11.5 Å². The zero-order chi connectivity index (χ0) is 24.9. The number of ether oxygens (including phenoxy) is 1. The summed E-state index contributed by atoms with van der Waals surface area (Å²) in [5.74, 6) is -1.16. The first-order valence-electron chi connectivity index (χ1n) is 10.8. The first-order valence-corrected chi connectivity index (χ1v) is 11.6. The van der Waals surface area contributed by atoms with Crippen LogP contribution in [-0.2, 0) is 14.3 Å². The number of carbonyl (C=O) groups excluding carboxylic acids is 2. The fourth-order valence-electron chi connectivity index (χ4n) is 3.60. The van der Waals surface area contributed by atoms with Gasteiger partial charge in [0.2, 0.25) is 5.91 Å². The summed E-state index contributed by atoms with van der Waals surface area (Å²) in [4.78, 5) is 39.4. The molecule has 1 N–H and O–H groups in total. The van der Waals surface area contributed by atoms with Crippen molar-refractivity contribution in [2.75, 3.05) is 31.6 Å². The molecule has 8 nitrogen and oxygen atoms in total. The highest BCUT2D eigenvalue weighted by Crippen LogP contribution is 2.11. The molecule has 178 valence electrons. The molecular weight excluding hydrogens is 471 g/mol. The summed E-state index contributed by atoms with van der Waals surface area (Å²) in [5, 5.41) is 12.6. The van der Waals surface area contributed by atoms with E-state index in [1.165, 1.54) is 40.7 Å². The SMILES string of the molecule is CC(=O)Nc1ccc(/C=c2\s/c(=C(/C#N)C(=O)N3CCOCC3)n(-c3ccc(F)cc3)c2=O)cc1. The predicted molar refractivity (Wildman–Crippen MR) is 130 cm³/mol. The number of thiazole rings is 1. The fraction of sp³-hybridized carbons (Fsp3) is 0.200. The molecule has 1 fully saturated rings. The third kappa shape index (κ3) is 5.37. The maximum atomic E-state index is 13.6. The Kier molecular flexibility index (Phi) is 7.19. The molecule has 1 aliphatic rings. The lowest BCUT2D eigenvalue weighted by Crippen LogP contribution is -2.42. The van der Waals surface area contributed by atoms with Crippen molar-refractivity contribution < 1.29 is 18.7 Å². The second-order valence-corrected chi connectivity index (χ2v) is 8.76. The Morgan fingerprint density at radius 2 is 1.77 bits per heavy atom. The van der Waals surface area contributed by atoms with Crippen LogP contribution in [0.4, 0.5) is 10.1 Å². The van der Waals surface area contributed by atoms with Crippen LogP contribution in [0.2, 0.25) is 0 Å². The van der Waals surface area contributed by atoms with Gasteiger partial charge in [-0.25, -0.2) is 4.39 Å². The normalized spacial score (nSPS) is 14.9. The Morgan fingerprint density at radius 3 is 2.37 bits per heavy atom. The highest BCUT2D eigenvalue weighted by molar-refractivity contribution is 7.07. The fourth-order valence-corrected chi connectivity index (χ4v) is 4.70. The second kappa shape index (κ2) is 10.5. The number of carbonyl (C=O) groups is 2. The third-order valence-corrected chi connectivity index (χ3v) is 6.37. The molecule has 3 aromatic rings. The summed E-state index contributed by atoms with van der Waals surface area (Å²) in [6, 6.07) is 14.1. The molecule has 0 atom stereocenters. The van der Waals surface area contributed by atoms with E-state index in [0.29, 0.717) is 47.8 Å². The molecule has 0 saturated carbocycles. The van der Waals surface area contributed by atoms with Crippen LogP contribution in [0.25, 0.3) is 17.3 Å². The number of halogens is 1. The quantitative estimate of drug-likeness (QED) is 0.592. The van der Waals surface area contributed by atoms with E-state index in [4.69, 9.17) is 4.74 Å². The average molecular weight is 493 g/mol. The van der Waals surface area contributed by atoms with Gasteiger partial charge >= 0.3 is 0 Å². The number of nitriles is 1. The molecule has 2 amide bonds. The average Bonchev–Trinajstić information content (AvgIpc) is 3.17. The van der Waals surface area contributed by atoms with E-state index in [9.17, 15) is 24.0 Å². The van der Waals surface area contributed by atoms with Gasteiger partial charge in [0.15, 0.2) is 5.57 Å². The molecule has 10 heteroatoms. The molecule has 0 radical (unpaired) electrons. The molecule has 0 bridgehead atoms. The molecule has 2 aromatic carbocycles. The van der Waals surface area contributed by atoms with Crippen molar-refractivity contribution in [2.24, 2.45) is 0 Å². The lowest BCUT2D eigenvalue weighted by Gasteiger charge is -2.26. The van der Waals surface area contributed by atoms with Gasteiger partial charge in [-0.05, 0) is 48.0 Å². The topological polar surface area (TPSA) is 104 Å². The number of nitrogens with zero attached hydrogens (tertiary/aromatic N) is 3. The zero-order valence-electron chi connectivity index (χ0n) is 18.8. The summed E-state index contributed by atoms with van der Waals surface area (Å²) in [7, 11) is 0. The van der Waals surface area contributed by atoms with E-state index < -0.39 is 17.3 Å². The summed E-state index contributed by atoms with van der Waals surface area (Å²) in [6.45, 7) is 2.83. The number of amides is 2. The molecule has 1 aliphatic heterocycles. The minimum atomic E-state index is -0.487. The molecule has 0 aliphatic carbocycles. The van der Waals surface area contributed by atoms with Crippen molar-refractivity contribution in [3.8, 4) is 11.8 Å². The molecule has 2 heterocycles. The predicted octanol–water partition coefficient (Wildman–Crippen LogP) is 1.36. The van der Waals surface area contributed by atoms with E-state index in [-0.39, 0.29) is 16.1 Å². The van der Waals surface area contributed by atoms with Crippen LogP contribution in [0, 0.1) is 17.1 Å². The van der Waals surface area contributed by atoms with E-state index >= 15 is 0 Å². The molecule has 0 unspecified atom stereocenters. The molecule has 0 spiro atoms. The maximum absolute atomic E-state index is 13.6. The standard InChI is InChI=1S/C25H21FN4O4S/c1-16(31)28-19-6-2-17(3-7-19)14-22-24(33)30(20-8-4-18(26)5-9-20)25(35-22)21(15-27)23(32)29-10-12-34-13-11-29/h2-9,14H,10-13H2,1H3,(H,28,31)/b22-14-,25-21-. The van der Waals surface area contributed by atoms with Crippen LogP contribution < -0.4 is 20.1 Å². The summed E-state index contributed by atoms with van der Waals surface area (Å²) >= 11 is 1.01. The number of hydrogen-bond acceptors (Lipinski definition) is 6. The van der Waals surface area contributed by atoms with Gasteiger partial charge in [-0.1, -0.05) is 12.1 Å². The molecule has 1 saturated heterocycles. The highest BCUT2D eigenvalue weighted by atomic mass is 32.1. The van der Waals surface area contributed by atoms with Crippen LogP contribution in [-0.4, -0.2) is 47.6 Å². The van der Waals surface area contributed by atoms with Crippen molar-refractivity contribution in [3.05, 3.63) is 79.5 Å². The minimum absolute atomic E-state index is 0.168. The zero-order valence-corrected chi connectivity index (χ0v) is 19.6. The van der Waals surface area contributed by atoms with Crippen LogP contribution >= 0.6 is 11.3 Å². The van der Waals surface area contributed by atoms with Gasteiger partial charge in [-0.15, -0.1) is 11.3 Å². The number of benzene rings is 2. The van der Waals surface area contributed by atoms with Crippen molar-refractivity contribution in [1.82, 2.24) is 9.47 Å².